The van der Waals surface area contributed by atoms with Gasteiger partial charge in [-0.3, -0.25) is 9.10 Å². The number of hydrogen-bond donors (Lipinski definition) is 1. The average Bonchev–Trinajstić information content (AvgIpc) is 2.68. The van der Waals surface area contributed by atoms with Gasteiger partial charge in [-0.2, -0.15) is 0 Å². The zero-order chi connectivity index (χ0) is 22.9. The molecule has 0 aromatic heterocycles. The normalized spacial score (nSPS) is 11.3. The first-order valence-corrected chi connectivity index (χ1v) is 11.9. The molecule has 2 aromatic rings. The minimum absolute atomic E-state index is 0.0299. The molecule has 9 heteroatoms. The molecule has 0 saturated heterocycles. The molecular formula is C22H29FN2O5S. The number of halogens is 1. The highest BCUT2D eigenvalue weighted by molar-refractivity contribution is 7.92. The van der Waals surface area contributed by atoms with Crippen LogP contribution in [0.2, 0.25) is 0 Å². The van der Waals surface area contributed by atoms with E-state index in [0.717, 1.165) is 6.26 Å². The highest BCUT2D eigenvalue weighted by atomic mass is 32.2. The van der Waals surface area contributed by atoms with E-state index in [9.17, 15) is 17.6 Å². The first-order valence-electron chi connectivity index (χ1n) is 10.0. The van der Waals surface area contributed by atoms with Crippen molar-refractivity contribution in [2.45, 2.75) is 32.8 Å². The lowest BCUT2D eigenvalue weighted by molar-refractivity contribution is -0.121. The maximum Gasteiger partial charge on any atom is 0.232 e. The van der Waals surface area contributed by atoms with Crippen molar-refractivity contribution in [3.8, 4) is 11.5 Å². The second kappa shape index (κ2) is 11.5. The van der Waals surface area contributed by atoms with Crippen molar-refractivity contribution in [2.24, 2.45) is 0 Å². The van der Waals surface area contributed by atoms with Gasteiger partial charge in [0.2, 0.25) is 15.9 Å². The summed E-state index contributed by atoms with van der Waals surface area (Å²) in [5, 5.41) is 2.72. The topological polar surface area (TPSA) is 84.9 Å². The molecule has 0 unspecified atom stereocenters. The largest absolute Gasteiger partial charge is 0.492 e. The van der Waals surface area contributed by atoms with Crippen molar-refractivity contribution >= 4 is 21.6 Å². The van der Waals surface area contributed by atoms with Gasteiger partial charge in [-0.1, -0.05) is 6.07 Å². The number of sulfonamides is 1. The first-order chi connectivity index (χ1) is 14.6. The van der Waals surface area contributed by atoms with Crippen LogP contribution in [-0.2, 0) is 14.8 Å². The number of hydrogen-bond acceptors (Lipinski definition) is 5. The van der Waals surface area contributed by atoms with Crippen molar-refractivity contribution < 1.29 is 27.1 Å². The quantitative estimate of drug-likeness (QED) is 0.499. The zero-order valence-electron chi connectivity index (χ0n) is 18.0. The Labute approximate surface area is 183 Å². The summed E-state index contributed by atoms with van der Waals surface area (Å²) in [4.78, 5) is 12.0. The molecule has 0 radical (unpaired) electrons. The second-order valence-electron chi connectivity index (χ2n) is 7.25. The number of benzene rings is 2. The number of nitrogens with one attached hydrogen (secondary N) is 1. The fraction of sp³-hybridized carbons (Fsp3) is 0.409. The van der Waals surface area contributed by atoms with Crippen molar-refractivity contribution in [2.75, 3.05) is 30.3 Å². The van der Waals surface area contributed by atoms with Crippen LogP contribution in [0.3, 0.4) is 0 Å². The smallest absolute Gasteiger partial charge is 0.232 e. The molecule has 170 valence electrons. The summed E-state index contributed by atoms with van der Waals surface area (Å²) in [5.74, 6) is 0.555. The van der Waals surface area contributed by atoms with Crippen LogP contribution in [0.25, 0.3) is 0 Å². The van der Waals surface area contributed by atoms with E-state index >= 15 is 0 Å². The van der Waals surface area contributed by atoms with Gasteiger partial charge in [-0.15, -0.1) is 0 Å². The lowest BCUT2D eigenvalue weighted by atomic mass is 10.2. The number of carbonyl (C=O) groups excluding carboxylic acids is 1. The van der Waals surface area contributed by atoms with Gasteiger partial charge in [0.1, 0.15) is 23.9 Å². The maximum absolute atomic E-state index is 12.8. The lowest BCUT2D eigenvalue weighted by Crippen LogP contribution is -2.33. The molecule has 31 heavy (non-hydrogen) atoms. The molecule has 0 heterocycles. The molecule has 2 aromatic carbocycles. The van der Waals surface area contributed by atoms with Gasteiger partial charge in [-0.05, 0) is 56.7 Å². The Balaban J connectivity index is 1.80. The average molecular weight is 453 g/mol. The molecule has 1 amide bonds. The fourth-order valence-electron chi connectivity index (χ4n) is 2.83. The Morgan fingerprint density at radius 2 is 1.84 bits per heavy atom. The van der Waals surface area contributed by atoms with Gasteiger partial charge in [0.15, 0.2) is 0 Å². The zero-order valence-corrected chi connectivity index (χ0v) is 18.8. The van der Waals surface area contributed by atoms with Gasteiger partial charge in [-0.25, -0.2) is 12.8 Å². The van der Waals surface area contributed by atoms with Crippen molar-refractivity contribution in [1.29, 1.82) is 0 Å². The number of carbonyl (C=O) groups is 1. The molecule has 0 atom stereocenters. The minimum atomic E-state index is -3.52. The van der Waals surface area contributed by atoms with Crippen LogP contribution in [0.1, 0.15) is 26.7 Å². The number of ether oxygens (including phenoxy) is 2. The summed E-state index contributed by atoms with van der Waals surface area (Å²) in [7, 11) is -3.52. The van der Waals surface area contributed by atoms with E-state index in [1.54, 1.807) is 24.3 Å². The molecule has 0 aliphatic carbocycles. The second-order valence-corrected chi connectivity index (χ2v) is 9.16. The molecule has 2 rings (SSSR count). The highest BCUT2D eigenvalue weighted by Gasteiger charge is 2.18. The molecule has 1 N–H and O–H groups in total. The molecule has 0 bridgehead atoms. The maximum atomic E-state index is 12.8. The minimum Gasteiger partial charge on any atom is -0.492 e. The van der Waals surface area contributed by atoms with E-state index in [4.69, 9.17) is 9.47 Å². The predicted octanol–water partition coefficient (Wildman–Crippen LogP) is 3.35. The first kappa shape index (κ1) is 24.5. The molecule has 0 aliphatic rings. The highest BCUT2D eigenvalue weighted by Crippen LogP contribution is 2.24. The third-order valence-electron chi connectivity index (χ3n) is 4.15. The molecule has 7 nitrogen and oxygen atoms in total. The number of rotatable bonds is 12. The van der Waals surface area contributed by atoms with E-state index in [-0.39, 0.29) is 37.4 Å². The molecule has 0 aliphatic heterocycles. The van der Waals surface area contributed by atoms with E-state index in [1.165, 1.54) is 28.6 Å². The van der Waals surface area contributed by atoms with E-state index in [0.29, 0.717) is 30.2 Å². The lowest BCUT2D eigenvalue weighted by Gasteiger charge is -2.23. The molecule has 0 saturated carbocycles. The Morgan fingerprint density at radius 1 is 1.13 bits per heavy atom. The monoisotopic (exact) mass is 452 g/mol. The Hall–Kier alpha value is -2.81. The summed E-state index contributed by atoms with van der Waals surface area (Å²) in [6.07, 6.45) is 1.63. The van der Waals surface area contributed by atoms with Crippen LogP contribution in [-0.4, -0.2) is 46.4 Å². The SMILES string of the molecule is CC(C)Oc1cccc(N(CCCC(=O)NCCOc2ccc(F)cc2)S(C)(=O)=O)c1. The number of amides is 1. The van der Waals surface area contributed by atoms with Crippen LogP contribution in [0.5, 0.6) is 11.5 Å². The van der Waals surface area contributed by atoms with E-state index < -0.39 is 10.0 Å². The van der Waals surface area contributed by atoms with E-state index in [1.807, 2.05) is 13.8 Å². The summed E-state index contributed by atoms with van der Waals surface area (Å²) in [6.45, 7) is 4.49. The summed E-state index contributed by atoms with van der Waals surface area (Å²) in [5.41, 5.74) is 0.494. The van der Waals surface area contributed by atoms with E-state index in [2.05, 4.69) is 5.32 Å². The summed E-state index contributed by atoms with van der Waals surface area (Å²) >= 11 is 0. The Morgan fingerprint density at radius 3 is 2.48 bits per heavy atom. The standard InChI is InChI=1S/C22H29FN2O5S/c1-17(2)30-21-7-4-6-19(16-21)25(31(3,27)28)14-5-8-22(26)24-13-15-29-20-11-9-18(23)10-12-20/h4,6-7,9-12,16-17H,5,8,13-15H2,1-3H3,(H,24,26). The van der Waals surface area contributed by atoms with Gasteiger partial charge >= 0.3 is 0 Å². The summed E-state index contributed by atoms with van der Waals surface area (Å²) in [6, 6.07) is 12.5. The van der Waals surface area contributed by atoms with Crippen LogP contribution >= 0.6 is 0 Å². The number of nitrogens with zero attached hydrogens (tertiary/aromatic N) is 1. The van der Waals surface area contributed by atoms with Crippen molar-refractivity contribution in [3.05, 3.63) is 54.3 Å². The molecular weight excluding hydrogens is 423 g/mol. The summed E-state index contributed by atoms with van der Waals surface area (Å²) < 4.78 is 49.7. The Bertz CT molecular complexity index is 949. The van der Waals surface area contributed by atoms with Crippen LogP contribution < -0.4 is 19.1 Å². The molecule has 0 spiro atoms. The third-order valence-corrected chi connectivity index (χ3v) is 5.34. The van der Waals surface area contributed by atoms with Crippen LogP contribution in [0.4, 0.5) is 10.1 Å². The Kier molecular flexibility index (Phi) is 9.11. The van der Waals surface area contributed by atoms with Crippen LogP contribution in [0.15, 0.2) is 48.5 Å². The fourth-order valence-corrected chi connectivity index (χ4v) is 3.79. The number of anilines is 1. The van der Waals surface area contributed by atoms with Crippen molar-refractivity contribution in [3.63, 3.8) is 0 Å². The van der Waals surface area contributed by atoms with Gasteiger partial charge < -0.3 is 14.8 Å². The molecule has 0 fully saturated rings. The van der Waals surface area contributed by atoms with Gasteiger partial charge in [0.05, 0.1) is 24.6 Å². The van der Waals surface area contributed by atoms with Gasteiger partial charge in [0.25, 0.3) is 0 Å². The third kappa shape index (κ3) is 8.84. The van der Waals surface area contributed by atoms with Gasteiger partial charge in [0, 0.05) is 19.0 Å². The predicted molar refractivity (Wildman–Crippen MR) is 119 cm³/mol. The van der Waals surface area contributed by atoms with Crippen molar-refractivity contribution in [1.82, 2.24) is 5.32 Å². The van der Waals surface area contributed by atoms with Crippen LogP contribution in [0, 0.1) is 5.82 Å².